The molecular weight excluding hydrogens is 704 g/mol. The molecule has 3 aromatic heterocycles. The number of hydrogen-bond acceptors (Lipinski definition) is 13. The Labute approximate surface area is 311 Å². The van der Waals surface area contributed by atoms with Crippen molar-refractivity contribution in [2.45, 2.75) is 38.7 Å². The number of aliphatic hydroxyl groups excluding tert-OH is 1. The number of halogens is 1. The number of fused-ring (bicyclic) bond motifs is 1. The van der Waals surface area contributed by atoms with E-state index < -0.39 is 17.9 Å². The summed E-state index contributed by atoms with van der Waals surface area (Å²) in [6, 6.07) is 14.5. The second kappa shape index (κ2) is 18.7. The third-order valence-electron chi connectivity index (χ3n) is 7.86. The molecule has 2 aromatic carbocycles. The van der Waals surface area contributed by atoms with E-state index in [0.29, 0.717) is 77.7 Å². The fraction of sp³-hybridized carbons (Fsp3) is 0.378. The van der Waals surface area contributed by atoms with Crippen molar-refractivity contribution < 1.29 is 28.7 Å². The minimum Gasteiger partial charge on any atom is -0.491 e. The highest BCUT2D eigenvalue weighted by Crippen LogP contribution is 2.34. The summed E-state index contributed by atoms with van der Waals surface area (Å²) in [6.07, 6.45) is 1.70. The Morgan fingerprint density at radius 1 is 1.12 bits per heavy atom. The van der Waals surface area contributed by atoms with Gasteiger partial charge >= 0.3 is 5.97 Å². The van der Waals surface area contributed by atoms with Gasteiger partial charge in [-0.1, -0.05) is 35.3 Å². The zero-order valence-corrected chi connectivity index (χ0v) is 31.6. The molecule has 12 nitrogen and oxygen atoms in total. The second-order valence-corrected chi connectivity index (χ2v) is 14.5. The molecule has 5 aromatic rings. The van der Waals surface area contributed by atoms with Gasteiger partial charge in [0.2, 0.25) is 0 Å². The predicted molar refractivity (Wildman–Crippen MR) is 204 cm³/mol. The number of aliphatic hydroxyl groups is 1. The number of esters is 1. The lowest BCUT2D eigenvalue weighted by atomic mass is 10.2. The molecule has 52 heavy (non-hydrogen) atoms. The van der Waals surface area contributed by atoms with Gasteiger partial charge < -0.3 is 35.0 Å². The van der Waals surface area contributed by atoms with Gasteiger partial charge in [0, 0.05) is 17.0 Å². The summed E-state index contributed by atoms with van der Waals surface area (Å²) in [6.45, 7) is 3.77. The van der Waals surface area contributed by atoms with Gasteiger partial charge in [0.05, 0.1) is 44.6 Å². The number of rotatable bonds is 17. The average molecular weight is 748 g/mol. The Kier molecular flexibility index (Phi) is 13.8. The van der Waals surface area contributed by atoms with Crippen LogP contribution in [0.1, 0.15) is 45.8 Å². The number of methoxy groups -OCH3 is 1. The van der Waals surface area contributed by atoms with Crippen LogP contribution in [-0.2, 0) is 11.2 Å². The number of nitrogens with zero attached hydrogens (tertiary/aromatic N) is 5. The average Bonchev–Trinajstić information content (AvgIpc) is 3.73. The van der Waals surface area contributed by atoms with Crippen molar-refractivity contribution in [3.05, 3.63) is 76.0 Å². The summed E-state index contributed by atoms with van der Waals surface area (Å²) in [5.41, 5.74) is 2.52. The molecule has 0 saturated carbocycles. The van der Waals surface area contributed by atoms with Crippen molar-refractivity contribution in [1.82, 2.24) is 25.5 Å². The van der Waals surface area contributed by atoms with Gasteiger partial charge in [-0.3, -0.25) is 0 Å². The van der Waals surface area contributed by atoms with Crippen LogP contribution in [0.2, 0.25) is 0 Å². The van der Waals surface area contributed by atoms with Crippen LogP contribution in [0.25, 0.3) is 10.2 Å². The highest BCUT2D eigenvalue weighted by atomic mass is 32.1. The summed E-state index contributed by atoms with van der Waals surface area (Å²) in [5, 5.41) is 27.1. The molecule has 0 radical (unpaired) electrons. The normalized spacial score (nSPS) is 11.7. The van der Waals surface area contributed by atoms with Crippen LogP contribution in [0.3, 0.4) is 0 Å². The van der Waals surface area contributed by atoms with Crippen LogP contribution in [0.15, 0.2) is 48.5 Å². The van der Waals surface area contributed by atoms with Crippen molar-refractivity contribution in [1.29, 1.82) is 0 Å². The van der Waals surface area contributed by atoms with Crippen molar-refractivity contribution in [3.63, 3.8) is 0 Å². The third kappa shape index (κ3) is 10.4. The van der Waals surface area contributed by atoms with Crippen LogP contribution >= 0.6 is 22.7 Å². The summed E-state index contributed by atoms with van der Waals surface area (Å²) in [5.74, 6) is 6.04. The van der Waals surface area contributed by atoms with Gasteiger partial charge in [-0.05, 0) is 81.6 Å². The highest BCUT2D eigenvalue weighted by Gasteiger charge is 2.24. The Morgan fingerprint density at radius 2 is 1.94 bits per heavy atom. The Hall–Kier alpha value is -4.72. The standard InChI is InChI=1S/C37H43FN8O4S2/c1-24-21-32(43-44-34(24)42-36-40-28-13-6-7-14-30(28)51-36)46(19-9-12-26(47)23-45(3)4)37-41-33(35(48)49-5)31(52-37)15-10-20-50-29-17-16-25(22-27(29)38)11-8-18-39-2/h6-7,13-14,16-17,21-22,26,39,47H,9-10,12,15,18-20,23H2,1-5H3,(H,40,42,44)/p+1. The summed E-state index contributed by atoms with van der Waals surface area (Å²) in [7, 11) is 7.12. The molecule has 0 aliphatic heterocycles. The number of quaternary nitrogens is 1. The molecule has 1 atom stereocenters. The number of nitrogens with one attached hydrogen (secondary N) is 3. The maximum absolute atomic E-state index is 14.7. The van der Waals surface area contributed by atoms with Gasteiger partial charge in [-0.15, -0.1) is 21.5 Å². The van der Waals surface area contributed by atoms with E-state index in [4.69, 9.17) is 14.5 Å². The van der Waals surface area contributed by atoms with Gasteiger partial charge in [0.1, 0.15) is 12.6 Å². The first-order chi connectivity index (χ1) is 25.1. The lowest BCUT2D eigenvalue weighted by Gasteiger charge is -2.22. The predicted octanol–water partition coefficient (Wildman–Crippen LogP) is 4.53. The largest absolute Gasteiger partial charge is 0.491 e. The number of hydrogen-bond donors (Lipinski definition) is 4. The zero-order valence-electron chi connectivity index (χ0n) is 30.0. The van der Waals surface area contributed by atoms with Crippen LogP contribution in [0.4, 0.5) is 26.3 Å². The monoisotopic (exact) mass is 747 g/mol. The molecule has 0 fully saturated rings. The summed E-state index contributed by atoms with van der Waals surface area (Å²) < 4.78 is 26.6. The Bertz CT molecular complexity index is 1990. The van der Waals surface area contributed by atoms with Gasteiger partial charge in [-0.25, -0.2) is 19.2 Å². The van der Waals surface area contributed by atoms with E-state index in [1.165, 1.54) is 35.8 Å². The molecule has 0 bridgehead atoms. The van der Waals surface area contributed by atoms with E-state index >= 15 is 0 Å². The second-order valence-electron chi connectivity index (χ2n) is 12.4. The minimum absolute atomic E-state index is 0.136. The first-order valence-corrected chi connectivity index (χ1v) is 18.6. The maximum Gasteiger partial charge on any atom is 0.357 e. The van der Waals surface area contributed by atoms with E-state index in [0.717, 1.165) is 20.7 Å². The number of benzene rings is 2. The number of carbonyl (C=O) groups is 1. The molecule has 1 unspecified atom stereocenters. The number of ether oxygens (including phenoxy) is 2. The van der Waals surface area contributed by atoms with Crippen molar-refractivity contribution >= 4 is 60.8 Å². The van der Waals surface area contributed by atoms with Crippen LogP contribution in [-0.4, -0.2) is 91.8 Å². The minimum atomic E-state index is -0.554. The molecule has 0 aliphatic carbocycles. The Morgan fingerprint density at radius 3 is 2.67 bits per heavy atom. The van der Waals surface area contributed by atoms with Gasteiger partial charge in [-0.2, -0.15) is 0 Å². The number of aryl methyl sites for hydroxylation is 2. The van der Waals surface area contributed by atoms with E-state index in [2.05, 4.69) is 37.7 Å². The summed E-state index contributed by atoms with van der Waals surface area (Å²) >= 11 is 2.89. The smallest absolute Gasteiger partial charge is 0.357 e. The number of carbonyl (C=O) groups excluding carboxylic acids is 1. The Balaban J connectivity index is 1.34. The molecule has 0 saturated heterocycles. The summed E-state index contributed by atoms with van der Waals surface area (Å²) in [4.78, 5) is 26.1. The molecule has 4 N–H and O–H groups in total. The highest BCUT2D eigenvalue weighted by molar-refractivity contribution is 7.22. The lowest BCUT2D eigenvalue weighted by Crippen LogP contribution is -3.07. The number of thiazole rings is 2. The number of anilines is 4. The number of aromatic nitrogens is 4. The van der Waals surface area contributed by atoms with E-state index in [1.54, 1.807) is 19.2 Å². The molecular formula is C37H44FN8O4S2+. The van der Waals surface area contributed by atoms with E-state index in [-0.39, 0.29) is 18.1 Å². The number of likely N-dealkylation sites (N-methyl/N-ethyl adjacent to an activating group) is 1. The lowest BCUT2D eigenvalue weighted by molar-refractivity contribution is -0.861. The van der Waals surface area contributed by atoms with Crippen LogP contribution in [0, 0.1) is 24.6 Å². The fourth-order valence-corrected chi connectivity index (χ4v) is 7.33. The van der Waals surface area contributed by atoms with Crippen molar-refractivity contribution in [2.75, 3.05) is 64.7 Å². The van der Waals surface area contributed by atoms with Crippen LogP contribution < -0.4 is 25.2 Å². The first-order valence-electron chi connectivity index (χ1n) is 17.0. The van der Waals surface area contributed by atoms with Crippen molar-refractivity contribution in [2.24, 2.45) is 0 Å². The molecule has 0 aliphatic rings. The molecule has 0 amide bonds. The SMILES string of the molecule is CNCC#Cc1ccc(OCCCc2sc(N(CCCC(O)C[NH+](C)C)c3cc(C)c(Nc4nc5ccccc5s4)nn3)nc2C(=O)OC)c(F)c1. The van der Waals surface area contributed by atoms with Crippen molar-refractivity contribution in [3.8, 4) is 17.6 Å². The van der Waals surface area contributed by atoms with Gasteiger partial charge in [0.15, 0.2) is 39.2 Å². The fourth-order valence-electron chi connectivity index (χ4n) is 5.35. The van der Waals surface area contributed by atoms with Gasteiger partial charge in [0.25, 0.3) is 0 Å². The van der Waals surface area contributed by atoms with Crippen LogP contribution in [0.5, 0.6) is 5.75 Å². The molecule has 15 heteroatoms. The quantitative estimate of drug-likeness (QED) is 0.0607. The van der Waals surface area contributed by atoms with E-state index in [9.17, 15) is 14.3 Å². The number of para-hydroxylation sites is 1. The zero-order chi connectivity index (χ0) is 37.0. The molecule has 0 spiro atoms. The third-order valence-corrected chi connectivity index (χ3v) is 9.95. The maximum atomic E-state index is 14.7. The topological polar surface area (TPSA) is 139 Å². The molecule has 274 valence electrons. The molecule has 3 heterocycles. The first kappa shape index (κ1) is 38.5. The van der Waals surface area contributed by atoms with E-state index in [1.807, 2.05) is 56.3 Å². The molecule has 5 rings (SSSR count).